The van der Waals surface area contributed by atoms with Crippen molar-refractivity contribution in [2.75, 3.05) is 0 Å². The molecule has 0 amide bonds. The predicted molar refractivity (Wildman–Crippen MR) is 37.6 cm³/mol. The summed E-state index contributed by atoms with van der Waals surface area (Å²) in [5, 5.41) is 8.62. The summed E-state index contributed by atoms with van der Waals surface area (Å²) in [5.41, 5.74) is -0.895. The van der Waals surface area contributed by atoms with Crippen LogP contribution in [-0.4, -0.2) is 11.6 Å². The van der Waals surface area contributed by atoms with Gasteiger partial charge in [-0.2, -0.15) is 5.26 Å². The van der Waals surface area contributed by atoms with Crippen molar-refractivity contribution >= 4 is 11.6 Å². The van der Waals surface area contributed by atoms with E-state index < -0.39 is 5.41 Å². The Morgan fingerprint density at radius 1 is 1.55 bits per heavy atom. The molecule has 0 spiro atoms. The lowest BCUT2D eigenvalue weighted by molar-refractivity contribution is -0.134. The summed E-state index contributed by atoms with van der Waals surface area (Å²) in [7, 11) is 0. The minimum absolute atomic E-state index is 0.0391. The Morgan fingerprint density at radius 2 is 2.18 bits per heavy atom. The number of hydrogen-bond donors (Lipinski definition) is 0. The van der Waals surface area contributed by atoms with Gasteiger partial charge in [-0.15, -0.1) is 0 Å². The molecule has 1 aliphatic carbocycles. The van der Waals surface area contributed by atoms with Crippen LogP contribution in [0.2, 0.25) is 0 Å². The van der Waals surface area contributed by atoms with E-state index >= 15 is 0 Å². The van der Waals surface area contributed by atoms with E-state index in [-0.39, 0.29) is 18.0 Å². The Hall–Kier alpha value is -1.17. The Balaban J connectivity index is 2.82. The fourth-order valence-electron chi connectivity index (χ4n) is 1.11. The van der Waals surface area contributed by atoms with Crippen LogP contribution in [0.5, 0.6) is 0 Å². The molecule has 0 heterocycles. The molecule has 1 saturated carbocycles. The summed E-state index contributed by atoms with van der Waals surface area (Å²) < 4.78 is 0. The topological polar surface area (TPSA) is 57.9 Å². The Morgan fingerprint density at radius 3 is 2.64 bits per heavy atom. The number of Topliss-reactive ketones (excluding diaryl/α,β-unsaturated/α-hetero) is 2. The lowest BCUT2D eigenvalue weighted by atomic mass is 9.75. The molecule has 0 bridgehead atoms. The van der Waals surface area contributed by atoms with Gasteiger partial charge in [0.25, 0.3) is 0 Å². The van der Waals surface area contributed by atoms with Gasteiger partial charge in [-0.25, -0.2) is 0 Å². The summed E-state index contributed by atoms with van der Waals surface area (Å²) in [6, 6.07) is 1.95. The largest absolute Gasteiger partial charge is 0.299 e. The van der Waals surface area contributed by atoms with Crippen molar-refractivity contribution in [1.82, 2.24) is 0 Å². The van der Waals surface area contributed by atoms with Gasteiger partial charge in [0.05, 0.1) is 12.5 Å². The SMILES string of the molecule is CC1(C#N)CCC(=O)CC1=O. The molecule has 0 aliphatic heterocycles. The molecule has 1 aliphatic rings. The monoisotopic (exact) mass is 151 g/mol. The van der Waals surface area contributed by atoms with E-state index in [0.717, 1.165) is 0 Å². The van der Waals surface area contributed by atoms with Crippen molar-refractivity contribution < 1.29 is 9.59 Å². The third kappa shape index (κ3) is 1.30. The Labute approximate surface area is 65.0 Å². The first-order valence-electron chi connectivity index (χ1n) is 3.55. The number of ketones is 2. The van der Waals surface area contributed by atoms with Crippen molar-refractivity contribution in [2.24, 2.45) is 5.41 Å². The van der Waals surface area contributed by atoms with E-state index in [1.807, 2.05) is 6.07 Å². The smallest absolute Gasteiger partial charge is 0.160 e. The highest BCUT2D eigenvalue weighted by Crippen LogP contribution is 2.29. The molecule has 1 rings (SSSR count). The average molecular weight is 151 g/mol. The van der Waals surface area contributed by atoms with Gasteiger partial charge in [-0.3, -0.25) is 9.59 Å². The van der Waals surface area contributed by atoms with Crippen molar-refractivity contribution in [1.29, 1.82) is 5.26 Å². The first-order valence-corrected chi connectivity index (χ1v) is 3.55. The Kier molecular flexibility index (Phi) is 1.77. The minimum atomic E-state index is -0.895. The molecule has 1 unspecified atom stereocenters. The summed E-state index contributed by atoms with van der Waals surface area (Å²) in [6.07, 6.45) is 0.709. The second kappa shape index (κ2) is 2.46. The molecule has 0 saturated heterocycles. The van der Waals surface area contributed by atoms with Crippen LogP contribution in [0.15, 0.2) is 0 Å². The standard InChI is InChI=1S/C8H9NO2/c1-8(5-9)3-2-6(10)4-7(8)11/h2-4H2,1H3. The quantitative estimate of drug-likeness (QED) is 0.482. The Bertz CT molecular complexity index is 251. The van der Waals surface area contributed by atoms with Crippen LogP contribution >= 0.6 is 0 Å². The van der Waals surface area contributed by atoms with Gasteiger partial charge in [0.15, 0.2) is 5.78 Å². The number of nitrogens with zero attached hydrogens (tertiary/aromatic N) is 1. The van der Waals surface area contributed by atoms with Gasteiger partial charge in [-0.05, 0) is 13.3 Å². The maximum atomic E-state index is 11.1. The fourth-order valence-corrected chi connectivity index (χ4v) is 1.11. The zero-order chi connectivity index (χ0) is 8.48. The second-order valence-corrected chi connectivity index (χ2v) is 3.08. The molecule has 0 aromatic rings. The normalized spacial score (nSPS) is 31.6. The van der Waals surface area contributed by atoms with Gasteiger partial charge in [0.1, 0.15) is 11.2 Å². The van der Waals surface area contributed by atoms with Crippen molar-refractivity contribution in [2.45, 2.75) is 26.2 Å². The summed E-state index contributed by atoms with van der Waals surface area (Å²) >= 11 is 0. The molecule has 0 radical (unpaired) electrons. The fraction of sp³-hybridized carbons (Fsp3) is 0.625. The number of nitriles is 1. The van der Waals surface area contributed by atoms with E-state index in [2.05, 4.69) is 0 Å². The first-order chi connectivity index (χ1) is 5.08. The summed E-state index contributed by atoms with van der Waals surface area (Å²) in [6.45, 7) is 1.60. The van der Waals surface area contributed by atoms with Crippen molar-refractivity contribution in [3.63, 3.8) is 0 Å². The van der Waals surface area contributed by atoms with E-state index in [0.29, 0.717) is 12.8 Å². The molecule has 58 valence electrons. The number of carbonyl (C=O) groups is 2. The third-order valence-electron chi connectivity index (χ3n) is 2.12. The van der Waals surface area contributed by atoms with Gasteiger partial charge < -0.3 is 0 Å². The third-order valence-corrected chi connectivity index (χ3v) is 2.12. The number of hydrogen-bond acceptors (Lipinski definition) is 3. The van der Waals surface area contributed by atoms with Crippen LogP contribution in [0.3, 0.4) is 0 Å². The van der Waals surface area contributed by atoms with Gasteiger partial charge in [0.2, 0.25) is 0 Å². The molecule has 3 heteroatoms. The molecule has 11 heavy (non-hydrogen) atoms. The first kappa shape index (κ1) is 7.93. The molecule has 1 fully saturated rings. The summed E-state index contributed by atoms with van der Waals surface area (Å²) in [4.78, 5) is 21.9. The average Bonchev–Trinajstić information content (AvgIpc) is 1.98. The highest BCUT2D eigenvalue weighted by Gasteiger charge is 2.38. The van der Waals surface area contributed by atoms with Crippen LogP contribution in [0.1, 0.15) is 26.2 Å². The van der Waals surface area contributed by atoms with Crippen molar-refractivity contribution in [3.8, 4) is 6.07 Å². The van der Waals surface area contributed by atoms with Gasteiger partial charge >= 0.3 is 0 Å². The summed E-state index contributed by atoms with van der Waals surface area (Å²) in [5.74, 6) is -0.265. The molecule has 0 N–H and O–H groups in total. The molecule has 1 atom stereocenters. The maximum Gasteiger partial charge on any atom is 0.160 e. The van der Waals surface area contributed by atoms with E-state index in [9.17, 15) is 9.59 Å². The number of carbonyl (C=O) groups excluding carboxylic acids is 2. The van der Waals surface area contributed by atoms with Gasteiger partial charge in [-0.1, -0.05) is 0 Å². The van der Waals surface area contributed by atoms with Crippen LogP contribution < -0.4 is 0 Å². The molecule has 0 aromatic carbocycles. The molecular formula is C8H9NO2. The zero-order valence-corrected chi connectivity index (χ0v) is 6.39. The van der Waals surface area contributed by atoms with Crippen LogP contribution in [0.4, 0.5) is 0 Å². The van der Waals surface area contributed by atoms with E-state index in [1.165, 1.54) is 0 Å². The molecule has 0 aromatic heterocycles. The second-order valence-electron chi connectivity index (χ2n) is 3.08. The highest BCUT2D eigenvalue weighted by molar-refractivity contribution is 6.05. The molecule has 3 nitrogen and oxygen atoms in total. The minimum Gasteiger partial charge on any atom is -0.299 e. The lowest BCUT2D eigenvalue weighted by Gasteiger charge is -2.23. The van der Waals surface area contributed by atoms with E-state index in [1.54, 1.807) is 6.92 Å². The highest BCUT2D eigenvalue weighted by atomic mass is 16.1. The number of rotatable bonds is 0. The van der Waals surface area contributed by atoms with Crippen LogP contribution in [0, 0.1) is 16.7 Å². The molecular weight excluding hydrogens is 142 g/mol. The maximum absolute atomic E-state index is 11.1. The zero-order valence-electron chi connectivity index (χ0n) is 6.39. The van der Waals surface area contributed by atoms with E-state index in [4.69, 9.17) is 5.26 Å². The van der Waals surface area contributed by atoms with Crippen molar-refractivity contribution in [3.05, 3.63) is 0 Å². The predicted octanol–water partition coefficient (Wildman–Crippen LogP) is 0.838. The van der Waals surface area contributed by atoms with Gasteiger partial charge in [0, 0.05) is 6.42 Å². The lowest BCUT2D eigenvalue weighted by Crippen LogP contribution is -2.33. The van der Waals surface area contributed by atoms with Crippen LogP contribution in [-0.2, 0) is 9.59 Å². The van der Waals surface area contributed by atoms with Crippen LogP contribution in [0.25, 0.3) is 0 Å².